The lowest BCUT2D eigenvalue weighted by atomic mass is 9.95. The highest BCUT2D eigenvalue weighted by atomic mass is 16.3. The Morgan fingerprint density at radius 2 is 1.86 bits per heavy atom. The standard InChI is InChI=1S/C11H18N2O/c1-4-9(5-2)11(14)10-7-12-8(3)6-13-10/h6-7,9,11,14H,4-5H2,1-3H3. The predicted octanol–water partition coefficient (Wildman–Crippen LogP) is 2.25. The first-order chi connectivity index (χ1) is 6.69. The molecule has 1 aromatic heterocycles. The normalized spacial score (nSPS) is 13.2. The van der Waals surface area contributed by atoms with Gasteiger partial charge in [0.15, 0.2) is 0 Å². The van der Waals surface area contributed by atoms with Crippen LogP contribution in [0.1, 0.15) is 44.2 Å². The molecule has 0 saturated carbocycles. The van der Waals surface area contributed by atoms with Crippen molar-refractivity contribution < 1.29 is 5.11 Å². The molecule has 14 heavy (non-hydrogen) atoms. The highest BCUT2D eigenvalue weighted by Crippen LogP contribution is 2.24. The molecule has 1 aromatic rings. The maximum Gasteiger partial charge on any atom is 0.100 e. The van der Waals surface area contributed by atoms with Gasteiger partial charge in [-0.2, -0.15) is 0 Å². The van der Waals surface area contributed by atoms with Gasteiger partial charge in [-0.1, -0.05) is 26.7 Å². The topological polar surface area (TPSA) is 46.0 Å². The molecule has 0 fully saturated rings. The molecule has 3 nitrogen and oxygen atoms in total. The van der Waals surface area contributed by atoms with E-state index in [0.717, 1.165) is 18.5 Å². The van der Waals surface area contributed by atoms with Crippen molar-refractivity contribution in [1.29, 1.82) is 0 Å². The number of rotatable bonds is 4. The van der Waals surface area contributed by atoms with Crippen LogP contribution in [0.4, 0.5) is 0 Å². The molecule has 1 unspecified atom stereocenters. The second-order valence-electron chi connectivity index (χ2n) is 3.60. The van der Waals surface area contributed by atoms with Gasteiger partial charge in [0.1, 0.15) is 6.10 Å². The molecule has 0 aliphatic heterocycles. The number of aryl methyl sites for hydroxylation is 1. The Hall–Kier alpha value is -0.960. The van der Waals surface area contributed by atoms with Gasteiger partial charge in [0.25, 0.3) is 0 Å². The Balaban J connectivity index is 2.77. The monoisotopic (exact) mass is 194 g/mol. The van der Waals surface area contributed by atoms with Gasteiger partial charge in [0.05, 0.1) is 17.6 Å². The van der Waals surface area contributed by atoms with Gasteiger partial charge in [-0.25, -0.2) is 0 Å². The van der Waals surface area contributed by atoms with Crippen molar-refractivity contribution in [1.82, 2.24) is 9.97 Å². The minimum atomic E-state index is -0.474. The van der Waals surface area contributed by atoms with E-state index in [9.17, 15) is 5.11 Å². The van der Waals surface area contributed by atoms with E-state index in [-0.39, 0.29) is 5.92 Å². The van der Waals surface area contributed by atoms with Crippen molar-refractivity contribution in [3.63, 3.8) is 0 Å². The van der Waals surface area contributed by atoms with Crippen molar-refractivity contribution >= 4 is 0 Å². The largest absolute Gasteiger partial charge is 0.386 e. The molecule has 0 aromatic carbocycles. The number of hydrogen-bond acceptors (Lipinski definition) is 3. The number of aromatic nitrogens is 2. The van der Waals surface area contributed by atoms with E-state index < -0.39 is 6.10 Å². The number of aliphatic hydroxyl groups is 1. The number of aliphatic hydroxyl groups excluding tert-OH is 1. The first-order valence-corrected chi connectivity index (χ1v) is 5.15. The van der Waals surface area contributed by atoms with Gasteiger partial charge in [-0.3, -0.25) is 9.97 Å². The molecule has 3 heteroatoms. The van der Waals surface area contributed by atoms with Crippen LogP contribution in [0.3, 0.4) is 0 Å². The number of nitrogens with zero attached hydrogens (tertiary/aromatic N) is 2. The molecule has 0 aliphatic rings. The first-order valence-electron chi connectivity index (χ1n) is 5.15. The first kappa shape index (κ1) is 11.1. The van der Waals surface area contributed by atoms with Crippen LogP contribution in [-0.2, 0) is 0 Å². The van der Waals surface area contributed by atoms with Gasteiger partial charge in [0, 0.05) is 6.20 Å². The Kier molecular flexibility index (Phi) is 4.01. The summed E-state index contributed by atoms with van der Waals surface area (Å²) >= 11 is 0. The van der Waals surface area contributed by atoms with E-state index in [1.54, 1.807) is 12.4 Å². The Morgan fingerprint density at radius 1 is 1.21 bits per heavy atom. The molecule has 78 valence electrons. The second-order valence-corrected chi connectivity index (χ2v) is 3.60. The van der Waals surface area contributed by atoms with Gasteiger partial charge >= 0.3 is 0 Å². The predicted molar refractivity (Wildman–Crippen MR) is 55.8 cm³/mol. The van der Waals surface area contributed by atoms with Gasteiger partial charge < -0.3 is 5.11 Å². The van der Waals surface area contributed by atoms with Crippen molar-refractivity contribution in [3.05, 3.63) is 23.8 Å². The molecule has 1 N–H and O–H groups in total. The smallest absolute Gasteiger partial charge is 0.100 e. The molecular formula is C11H18N2O. The van der Waals surface area contributed by atoms with Crippen LogP contribution in [-0.4, -0.2) is 15.1 Å². The summed E-state index contributed by atoms with van der Waals surface area (Å²) in [6.45, 7) is 6.05. The van der Waals surface area contributed by atoms with Crippen LogP contribution in [0, 0.1) is 12.8 Å². The molecule has 1 atom stereocenters. The lowest BCUT2D eigenvalue weighted by Crippen LogP contribution is -2.12. The summed E-state index contributed by atoms with van der Waals surface area (Å²) in [7, 11) is 0. The van der Waals surface area contributed by atoms with Crippen LogP contribution < -0.4 is 0 Å². The zero-order valence-corrected chi connectivity index (χ0v) is 9.07. The Labute approximate surface area is 85.2 Å². The lowest BCUT2D eigenvalue weighted by molar-refractivity contribution is 0.0987. The molecule has 0 spiro atoms. The summed E-state index contributed by atoms with van der Waals surface area (Å²) < 4.78 is 0. The summed E-state index contributed by atoms with van der Waals surface area (Å²) in [5, 5.41) is 9.97. The molecule has 0 bridgehead atoms. The number of hydrogen-bond donors (Lipinski definition) is 1. The lowest BCUT2D eigenvalue weighted by Gasteiger charge is -2.18. The zero-order chi connectivity index (χ0) is 10.6. The highest BCUT2D eigenvalue weighted by molar-refractivity contribution is 5.04. The summed E-state index contributed by atoms with van der Waals surface area (Å²) in [4.78, 5) is 8.31. The minimum absolute atomic E-state index is 0.284. The highest BCUT2D eigenvalue weighted by Gasteiger charge is 2.18. The molecule has 0 radical (unpaired) electrons. The molecular weight excluding hydrogens is 176 g/mol. The SMILES string of the molecule is CCC(CC)C(O)c1cnc(C)cn1. The minimum Gasteiger partial charge on any atom is -0.386 e. The third kappa shape index (κ3) is 2.51. The van der Waals surface area contributed by atoms with Crippen LogP contribution in [0.25, 0.3) is 0 Å². The van der Waals surface area contributed by atoms with Crippen LogP contribution in [0.2, 0.25) is 0 Å². The van der Waals surface area contributed by atoms with E-state index in [0.29, 0.717) is 5.69 Å². The van der Waals surface area contributed by atoms with Crippen LogP contribution in [0.5, 0.6) is 0 Å². The van der Waals surface area contributed by atoms with Gasteiger partial charge in [-0.15, -0.1) is 0 Å². The fourth-order valence-electron chi connectivity index (χ4n) is 1.53. The van der Waals surface area contributed by atoms with Crippen LogP contribution in [0.15, 0.2) is 12.4 Å². The molecule has 0 saturated heterocycles. The quantitative estimate of drug-likeness (QED) is 0.799. The molecule has 0 amide bonds. The molecule has 1 heterocycles. The summed E-state index contributed by atoms with van der Waals surface area (Å²) in [6.07, 6.45) is 4.82. The average molecular weight is 194 g/mol. The summed E-state index contributed by atoms with van der Waals surface area (Å²) in [6, 6.07) is 0. The molecule has 1 rings (SSSR count). The maximum absolute atomic E-state index is 9.97. The van der Waals surface area contributed by atoms with Crippen molar-refractivity contribution in [3.8, 4) is 0 Å². The molecule has 0 aliphatic carbocycles. The van der Waals surface area contributed by atoms with Crippen molar-refractivity contribution in [2.45, 2.75) is 39.7 Å². The third-order valence-corrected chi connectivity index (χ3v) is 2.60. The van der Waals surface area contributed by atoms with E-state index in [1.165, 1.54) is 0 Å². The second kappa shape index (κ2) is 5.05. The Bertz CT molecular complexity index is 267. The van der Waals surface area contributed by atoms with E-state index in [1.807, 2.05) is 6.92 Å². The van der Waals surface area contributed by atoms with Crippen LogP contribution >= 0.6 is 0 Å². The third-order valence-electron chi connectivity index (χ3n) is 2.60. The summed E-state index contributed by atoms with van der Waals surface area (Å²) in [5.41, 5.74) is 1.56. The van der Waals surface area contributed by atoms with Crippen molar-refractivity contribution in [2.75, 3.05) is 0 Å². The van der Waals surface area contributed by atoms with E-state index in [2.05, 4.69) is 23.8 Å². The van der Waals surface area contributed by atoms with Crippen molar-refractivity contribution in [2.24, 2.45) is 5.92 Å². The maximum atomic E-state index is 9.97. The van der Waals surface area contributed by atoms with Gasteiger partial charge in [-0.05, 0) is 12.8 Å². The van der Waals surface area contributed by atoms with Gasteiger partial charge in [0.2, 0.25) is 0 Å². The fraction of sp³-hybridized carbons (Fsp3) is 0.636. The fourth-order valence-corrected chi connectivity index (χ4v) is 1.53. The van der Waals surface area contributed by atoms with E-state index in [4.69, 9.17) is 0 Å². The average Bonchev–Trinajstić information content (AvgIpc) is 2.20. The Morgan fingerprint density at radius 3 is 2.29 bits per heavy atom. The summed E-state index contributed by atoms with van der Waals surface area (Å²) in [5.74, 6) is 0.284. The van der Waals surface area contributed by atoms with E-state index >= 15 is 0 Å². The zero-order valence-electron chi connectivity index (χ0n) is 9.07.